The van der Waals surface area contributed by atoms with Crippen molar-refractivity contribution < 1.29 is 33.3 Å². The number of furan rings is 1. The highest BCUT2D eigenvalue weighted by Crippen LogP contribution is 2.43. The number of benzene rings is 3. The fraction of sp³-hybridized carbons (Fsp3) is 0.200. The summed E-state index contributed by atoms with van der Waals surface area (Å²) in [4.78, 5) is 28.8. The molecular weight excluding hydrogens is 522 g/mol. The molecule has 0 aliphatic carbocycles. The number of halogens is 1. The van der Waals surface area contributed by atoms with Gasteiger partial charge in [-0.15, -0.1) is 0 Å². The molecule has 1 amide bonds. The van der Waals surface area contributed by atoms with Crippen molar-refractivity contribution in [3.63, 3.8) is 0 Å². The Hall–Kier alpha value is -4.43. The zero-order chi connectivity index (χ0) is 27.7. The predicted octanol–water partition coefficient (Wildman–Crippen LogP) is 6.68. The summed E-state index contributed by atoms with van der Waals surface area (Å²) in [6, 6.07) is 17.7. The van der Waals surface area contributed by atoms with Gasteiger partial charge < -0.3 is 23.7 Å². The van der Waals surface area contributed by atoms with Gasteiger partial charge in [0.05, 0.1) is 31.9 Å². The molecule has 9 heteroatoms. The van der Waals surface area contributed by atoms with Crippen molar-refractivity contribution >= 4 is 39.9 Å². The standard InChI is InChI=1S/C30H26ClNO7/c1-4-37-21-10-6-17(7-11-21)26-25(27(33)23-15-18-14-19(31)16-24(36-3)29(18)39-23)28(34)30(35)32(26)20-8-12-22(13-9-20)38-5-2/h6-16,26,34H,4-5H2,1-3H3. The molecule has 0 bridgehead atoms. The summed E-state index contributed by atoms with van der Waals surface area (Å²) in [5.74, 6) is -0.436. The van der Waals surface area contributed by atoms with Crippen molar-refractivity contribution in [3.8, 4) is 17.2 Å². The van der Waals surface area contributed by atoms with Crippen molar-refractivity contribution in [1.82, 2.24) is 0 Å². The van der Waals surface area contributed by atoms with Crippen LogP contribution >= 0.6 is 11.6 Å². The Labute approximate surface area is 229 Å². The number of ether oxygens (including phenoxy) is 3. The number of carbonyl (C=O) groups excluding carboxylic acids is 2. The minimum absolute atomic E-state index is 0.0654. The molecule has 1 aromatic heterocycles. The number of rotatable bonds is 9. The molecule has 1 N–H and O–H groups in total. The molecule has 1 unspecified atom stereocenters. The molecule has 0 fully saturated rings. The van der Waals surface area contributed by atoms with Crippen LogP contribution in [0.4, 0.5) is 5.69 Å². The Balaban J connectivity index is 1.62. The SMILES string of the molecule is CCOc1ccc(C2C(C(=O)c3cc4cc(Cl)cc(OC)c4o3)=C(O)C(=O)N2c2ccc(OCC)cc2)cc1. The molecule has 39 heavy (non-hydrogen) atoms. The van der Waals surface area contributed by atoms with Crippen molar-refractivity contribution in [2.75, 3.05) is 25.2 Å². The molecule has 3 aromatic carbocycles. The highest BCUT2D eigenvalue weighted by atomic mass is 35.5. The zero-order valence-corrected chi connectivity index (χ0v) is 22.3. The molecule has 4 aromatic rings. The number of carbonyl (C=O) groups is 2. The van der Waals surface area contributed by atoms with Crippen LogP contribution in [0.3, 0.4) is 0 Å². The number of methoxy groups -OCH3 is 1. The second-order valence-corrected chi connectivity index (χ2v) is 9.17. The molecule has 0 spiro atoms. The summed E-state index contributed by atoms with van der Waals surface area (Å²) in [6.07, 6.45) is 0. The number of hydrogen-bond donors (Lipinski definition) is 1. The highest BCUT2D eigenvalue weighted by Gasteiger charge is 2.45. The van der Waals surface area contributed by atoms with Crippen molar-refractivity contribution in [1.29, 1.82) is 0 Å². The van der Waals surface area contributed by atoms with Crippen LogP contribution < -0.4 is 19.1 Å². The average molecular weight is 548 g/mol. The van der Waals surface area contributed by atoms with Crippen LogP contribution in [-0.2, 0) is 4.79 Å². The first kappa shape index (κ1) is 26.2. The number of anilines is 1. The number of ketones is 1. The number of hydrogen-bond acceptors (Lipinski definition) is 7. The van der Waals surface area contributed by atoms with Gasteiger partial charge in [0.15, 0.2) is 22.9 Å². The first-order chi connectivity index (χ1) is 18.9. The lowest BCUT2D eigenvalue weighted by Crippen LogP contribution is -2.31. The van der Waals surface area contributed by atoms with E-state index in [1.807, 2.05) is 13.8 Å². The van der Waals surface area contributed by atoms with Gasteiger partial charge in [-0.1, -0.05) is 23.7 Å². The Morgan fingerprint density at radius 1 is 0.974 bits per heavy atom. The summed E-state index contributed by atoms with van der Waals surface area (Å²) in [5.41, 5.74) is 1.30. The van der Waals surface area contributed by atoms with Gasteiger partial charge in [-0.25, -0.2) is 0 Å². The fourth-order valence-electron chi connectivity index (χ4n) is 4.68. The largest absolute Gasteiger partial charge is 0.503 e. The molecule has 5 rings (SSSR count). The van der Waals surface area contributed by atoms with Gasteiger partial charge in [-0.2, -0.15) is 0 Å². The summed E-state index contributed by atoms with van der Waals surface area (Å²) in [7, 11) is 1.47. The van der Waals surface area contributed by atoms with Crippen LogP contribution in [0.15, 0.2) is 82.5 Å². The second-order valence-electron chi connectivity index (χ2n) is 8.74. The number of fused-ring (bicyclic) bond motifs is 1. The van der Waals surface area contributed by atoms with Crippen molar-refractivity contribution in [2.45, 2.75) is 19.9 Å². The van der Waals surface area contributed by atoms with E-state index in [1.165, 1.54) is 18.1 Å². The third-order valence-electron chi connectivity index (χ3n) is 6.38. The second kappa shape index (κ2) is 10.7. The van der Waals surface area contributed by atoms with Crippen LogP contribution in [0.2, 0.25) is 5.02 Å². The minimum Gasteiger partial charge on any atom is -0.503 e. The molecule has 2 heterocycles. The summed E-state index contributed by atoms with van der Waals surface area (Å²) < 4.78 is 22.3. The molecule has 1 atom stereocenters. The van der Waals surface area contributed by atoms with Crippen LogP contribution in [-0.4, -0.2) is 37.1 Å². The topological polar surface area (TPSA) is 98.4 Å². The van der Waals surface area contributed by atoms with E-state index in [1.54, 1.807) is 60.7 Å². The normalized spacial score (nSPS) is 15.2. The number of amides is 1. The maximum Gasteiger partial charge on any atom is 0.294 e. The Kier molecular flexibility index (Phi) is 7.21. The first-order valence-electron chi connectivity index (χ1n) is 12.4. The van der Waals surface area contributed by atoms with E-state index < -0.39 is 23.5 Å². The third kappa shape index (κ3) is 4.79. The summed E-state index contributed by atoms with van der Waals surface area (Å²) in [5, 5.41) is 12.0. The molecule has 8 nitrogen and oxygen atoms in total. The van der Waals surface area contributed by atoms with Crippen LogP contribution in [0, 0.1) is 0 Å². The van der Waals surface area contributed by atoms with Crippen molar-refractivity contribution in [3.05, 3.63) is 94.4 Å². The summed E-state index contributed by atoms with van der Waals surface area (Å²) >= 11 is 6.19. The van der Waals surface area contributed by atoms with E-state index in [0.717, 1.165) is 0 Å². The number of nitrogens with zero attached hydrogens (tertiary/aromatic N) is 1. The highest BCUT2D eigenvalue weighted by molar-refractivity contribution is 6.31. The smallest absolute Gasteiger partial charge is 0.294 e. The average Bonchev–Trinajstić information content (AvgIpc) is 3.48. The monoisotopic (exact) mass is 547 g/mol. The molecule has 200 valence electrons. The van der Waals surface area contributed by atoms with Gasteiger partial charge in [0.1, 0.15) is 11.5 Å². The maximum atomic E-state index is 13.9. The zero-order valence-electron chi connectivity index (χ0n) is 21.6. The van der Waals surface area contributed by atoms with Gasteiger partial charge in [-0.05, 0) is 67.9 Å². The van der Waals surface area contributed by atoms with E-state index in [4.69, 9.17) is 30.2 Å². The van der Waals surface area contributed by atoms with Gasteiger partial charge >= 0.3 is 0 Å². The van der Waals surface area contributed by atoms with E-state index >= 15 is 0 Å². The van der Waals surface area contributed by atoms with E-state index in [2.05, 4.69) is 0 Å². The third-order valence-corrected chi connectivity index (χ3v) is 6.59. The lowest BCUT2D eigenvalue weighted by atomic mass is 9.94. The Bertz CT molecular complexity index is 1570. The lowest BCUT2D eigenvalue weighted by Gasteiger charge is -2.27. The molecule has 1 aliphatic heterocycles. The number of aliphatic hydroxyl groups excluding tert-OH is 1. The lowest BCUT2D eigenvalue weighted by molar-refractivity contribution is -0.117. The van der Waals surface area contributed by atoms with E-state index in [-0.39, 0.29) is 11.3 Å². The minimum atomic E-state index is -0.933. The number of Topliss-reactive ketones (excluding diaryl/α,β-unsaturated/α-hetero) is 1. The van der Waals surface area contributed by atoms with Gasteiger partial charge in [0.2, 0.25) is 5.78 Å². The molecule has 1 aliphatic rings. The predicted molar refractivity (Wildman–Crippen MR) is 147 cm³/mol. The van der Waals surface area contributed by atoms with Gasteiger partial charge in [-0.3, -0.25) is 14.5 Å². The summed E-state index contributed by atoms with van der Waals surface area (Å²) in [6.45, 7) is 4.74. The van der Waals surface area contributed by atoms with E-state index in [0.29, 0.717) is 57.7 Å². The molecule has 0 saturated carbocycles. The molecule has 0 saturated heterocycles. The van der Waals surface area contributed by atoms with Gasteiger partial charge in [0, 0.05) is 22.2 Å². The fourth-order valence-corrected chi connectivity index (χ4v) is 4.90. The van der Waals surface area contributed by atoms with Crippen LogP contribution in [0.5, 0.6) is 17.2 Å². The molecular formula is C30H26ClNO7. The molecule has 0 radical (unpaired) electrons. The van der Waals surface area contributed by atoms with Crippen LogP contribution in [0.25, 0.3) is 11.0 Å². The number of aliphatic hydroxyl groups is 1. The Morgan fingerprint density at radius 2 is 1.59 bits per heavy atom. The quantitative estimate of drug-likeness (QED) is 0.233. The maximum absolute atomic E-state index is 13.9. The first-order valence-corrected chi connectivity index (χ1v) is 12.8. The Morgan fingerprint density at radius 3 is 2.18 bits per heavy atom. The van der Waals surface area contributed by atoms with Gasteiger partial charge in [0.25, 0.3) is 5.91 Å². The van der Waals surface area contributed by atoms with E-state index in [9.17, 15) is 14.7 Å². The van der Waals surface area contributed by atoms with Crippen LogP contribution in [0.1, 0.15) is 36.0 Å². The van der Waals surface area contributed by atoms with Crippen molar-refractivity contribution in [2.24, 2.45) is 0 Å².